The van der Waals surface area contributed by atoms with Gasteiger partial charge in [-0.15, -0.1) is 0 Å². The molecule has 0 aromatic carbocycles. The van der Waals surface area contributed by atoms with Gasteiger partial charge in [0, 0.05) is 24.8 Å². The predicted molar refractivity (Wildman–Crippen MR) is 83.7 cm³/mol. The van der Waals surface area contributed by atoms with Crippen LogP contribution >= 0.6 is 23.7 Å². The van der Waals surface area contributed by atoms with Gasteiger partial charge < -0.3 is 10.2 Å². The Hall–Kier alpha value is -1.70. The number of hydrogen-bond donors (Lipinski definition) is 2. The van der Waals surface area contributed by atoms with E-state index in [0.717, 1.165) is 0 Å². The summed E-state index contributed by atoms with van der Waals surface area (Å²) in [5, 5.41) is 16.7. The van der Waals surface area contributed by atoms with Crippen LogP contribution < -0.4 is 0 Å². The normalized spacial score (nSPS) is 8.09. The van der Waals surface area contributed by atoms with Gasteiger partial charge in [0.05, 0.1) is 34.9 Å². The Morgan fingerprint density at radius 1 is 0.909 bits per heavy atom. The summed E-state index contributed by atoms with van der Waals surface area (Å²) in [5.41, 5.74) is 0.440. The van der Waals surface area contributed by atoms with Crippen molar-refractivity contribution in [2.45, 2.75) is 0 Å². The molecule has 0 aliphatic heterocycles. The standard InChI is InChI=1S/2C6H5NO2.Cl2O.H2Se/c2*8-6(9)5-2-1-3-7-4-5;1-3-2;/h2*1-4H,(H,8,9);;1H2. The molecule has 0 amide bonds. The second-order valence-electron chi connectivity index (χ2n) is 3.15. The summed E-state index contributed by atoms with van der Waals surface area (Å²) in [4.78, 5) is 27.6. The third-order valence-electron chi connectivity index (χ3n) is 1.82. The zero-order chi connectivity index (χ0) is 16.1. The minimum absolute atomic E-state index is 0. The van der Waals surface area contributed by atoms with Crippen molar-refractivity contribution in [3.05, 3.63) is 60.2 Å². The number of carbonyl (C=O) groups is 2. The first-order valence-electron chi connectivity index (χ1n) is 5.18. The van der Waals surface area contributed by atoms with Crippen molar-refractivity contribution < 1.29 is 23.6 Å². The second-order valence-corrected chi connectivity index (χ2v) is 3.62. The van der Waals surface area contributed by atoms with E-state index in [1.165, 1.54) is 36.9 Å². The monoisotopic (exact) mass is 414 g/mol. The number of hydrogen-bond acceptors (Lipinski definition) is 5. The molecule has 2 heterocycles. The number of nitrogens with zero attached hydrogens (tertiary/aromatic N) is 2. The van der Waals surface area contributed by atoms with E-state index in [9.17, 15) is 9.59 Å². The van der Waals surface area contributed by atoms with Crippen LogP contribution in [0.25, 0.3) is 0 Å². The first kappa shape index (κ1) is 22.6. The summed E-state index contributed by atoms with van der Waals surface area (Å²) >= 11 is 8.53. The van der Waals surface area contributed by atoms with Gasteiger partial charge in [0.2, 0.25) is 0 Å². The van der Waals surface area contributed by atoms with Crippen LogP contribution in [0.1, 0.15) is 20.7 Å². The van der Waals surface area contributed by atoms with Crippen LogP contribution in [0.4, 0.5) is 0 Å². The molecule has 0 radical (unpaired) electrons. The van der Waals surface area contributed by atoms with Crippen LogP contribution in [0.5, 0.6) is 0 Å². The van der Waals surface area contributed by atoms with Crippen LogP contribution in [0.2, 0.25) is 0 Å². The van der Waals surface area contributed by atoms with Gasteiger partial charge in [-0.2, -0.15) is 3.84 Å². The fourth-order valence-corrected chi connectivity index (χ4v) is 0.979. The van der Waals surface area contributed by atoms with Crippen molar-refractivity contribution in [3.63, 3.8) is 0 Å². The molecule has 0 aliphatic rings. The predicted octanol–water partition coefficient (Wildman–Crippen LogP) is 1.95. The van der Waals surface area contributed by atoms with E-state index in [4.69, 9.17) is 10.2 Å². The fourth-order valence-electron chi connectivity index (χ4n) is 0.979. The van der Waals surface area contributed by atoms with Gasteiger partial charge in [-0.3, -0.25) is 9.97 Å². The molecule has 22 heavy (non-hydrogen) atoms. The fraction of sp³-hybridized carbons (Fsp3) is 0. The zero-order valence-corrected chi connectivity index (χ0v) is 14.5. The van der Waals surface area contributed by atoms with E-state index in [2.05, 4.69) is 37.5 Å². The average molecular weight is 414 g/mol. The molecule has 2 aromatic heterocycles. The van der Waals surface area contributed by atoms with Crippen LogP contribution in [-0.4, -0.2) is 49.2 Å². The van der Waals surface area contributed by atoms with Gasteiger partial charge in [-0.25, -0.2) is 9.59 Å². The zero-order valence-electron chi connectivity index (χ0n) is 10.9. The summed E-state index contributed by atoms with van der Waals surface area (Å²) in [6, 6.07) is 6.16. The molecule has 0 saturated heterocycles. The van der Waals surface area contributed by atoms with Crippen molar-refractivity contribution in [2.75, 3.05) is 0 Å². The first-order chi connectivity index (χ1) is 10.0. The quantitative estimate of drug-likeness (QED) is 0.724. The third-order valence-corrected chi connectivity index (χ3v) is 1.82. The van der Waals surface area contributed by atoms with Crippen LogP contribution in [0.15, 0.2) is 49.1 Å². The SMILES string of the molecule is ClOCl.O=C(O)c1cccnc1.O=C(O)c1cccnc1.[SeH2]. The van der Waals surface area contributed by atoms with Crippen LogP contribution in [-0.2, 0) is 3.84 Å². The summed E-state index contributed by atoms with van der Waals surface area (Å²) in [6.07, 6.45) is 5.68. The van der Waals surface area contributed by atoms with Crippen molar-refractivity contribution in [1.29, 1.82) is 0 Å². The molecule has 0 unspecified atom stereocenters. The third kappa shape index (κ3) is 11.0. The van der Waals surface area contributed by atoms with E-state index in [1.54, 1.807) is 12.1 Å². The molecule has 7 nitrogen and oxygen atoms in total. The number of pyridine rings is 2. The molecule has 0 fully saturated rings. The number of aromatic carboxylic acids is 2. The number of halogens is 2. The Bertz CT molecular complexity index is 496. The van der Waals surface area contributed by atoms with Gasteiger partial charge >= 0.3 is 29.0 Å². The molecule has 2 N–H and O–H groups in total. The topological polar surface area (TPSA) is 110 Å². The van der Waals surface area contributed by atoms with Crippen molar-refractivity contribution >= 4 is 52.7 Å². The van der Waals surface area contributed by atoms with E-state index in [0.29, 0.717) is 0 Å². The molecular weight excluding hydrogens is 402 g/mol. The Morgan fingerprint density at radius 3 is 1.36 bits per heavy atom. The van der Waals surface area contributed by atoms with Crippen LogP contribution in [0, 0.1) is 0 Å². The average Bonchev–Trinajstić information content (AvgIpc) is 2.50. The summed E-state index contributed by atoms with van der Waals surface area (Å²) in [5.74, 6) is -1.88. The number of aromatic nitrogens is 2. The number of rotatable bonds is 2. The van der Waals surface area contributed by atoms with Gasteiger partial charge in [0.25, 0.3) is 0 Å². The molecule has 120 valence electrons. The molecule has 0 saturated carbocycles. The van der Waals surface area contributed by atoms with Crippen molar-refractivity contribution in [1.82, 2.24) is 9.97 Å². The van der Waals surface area contributed by atoms with Crippen molar-refractivity contribution in [3.8, 4) is 0 Å². The maximum atomic E-state index is 10.2. The Kier molecular flexibility index (Phi) is 14.6. The molecule has 10 heteroatoms. The summed E-state index contributed by atoms with van der Waals surface area (Å²) in [7, 11) is 0. The van der Waals surface area contributed by atoms with Gasteiger partial charge in [-0.1, -0.05) is 0 Å². The van der Waals surface area contributed by atoms with E-state index in [-0.39, 0.29) is 28.2 Å². The maximum absolute atomic E-state index is 10.2. The Balaban J connectivity index is 0. The molecule has 0 atom stereocenters. The van der Waals surface area contributed by atoms with E-state index in [1.807, 2.05) is 0 Å². The van der Waals surface area contributed by atoms with E-state index < -0.39 is 11.9 Å². The molecular formula is C12H12Cl2N2O5Se. The minimum atomic E-state index is -0.942. The Morgan fingerprint density at radius 2 is 1.23 bits per heavy atom. The first-order valence-corrected chi connectivity index (χ1v) is 5.80. The number of carboxylic acids is 2. The van der Waals surface area contributed by atoms with Crippen molar-refractivity contribution in [2.24, 2.45) is 0 Å². The molecule has 2 rings (SSSR count). The summed E-state index contributed by atoms with van der Waals surface area (Å²) < 4.78 is 3.19. The number of carboxylic acid groups (broad SMARTS) is 2. The molecule has 0 aliphatic carbocycles. The van der Waals surface area contributed by atoms with Gasteiger partial charge in [0.15, 0.2) is 0 Å². The van der Waals surface area contributed by atoms with E-state index >= 15 is 0 Å². The second kappa shape index (κ2) is 14.2. The van der Waals surface area contributed by atoms with Crippen LogP contribution in [0.3, 0.4) is 0 Å². The molecule has 0 spiro atoms. The summed E-state index contributed by atoms with van der Waals surface area (Å²) in [6.45, 7) is 0. The molecule has 0 bridgehead atoms. The van der Waals surface area contributed by atoms with Gasteiger partial charge in [0.1, 0.15) is 0 Å². The van der Waals surface area contributed by atoms with Gasteiger partial charge in [-0.05, 0) is 24.3 Å². The Labute approximate surface area is 146 Å². The molecule has 2 aromatic rings.